The highest BCUT2D eigenvalue weighted by Gasteiger charge is 2.24. The molecule has 0 unspecified atom stereocenters. The van der Waals surface area contributed by atoms with Gasteiger partial charge in [-0.25, -0.2) is 9.59 Å². The molecule has 0 aliphatic carbocycles. The molecule has 1 aliphatic rings. The van der Waals surface area contributed by atoms with E-state index in [1.54, 1.807) is 16.7 Å². The van der Waals surface area contributed by atoms with E-state index in [2.05, 4.69) is 5.32 Å². The van der Waals surface area contributed by atoms with E-state index in [0.29, 0.717) is 39.3 Å². The van der Waals surface area contributed by atoms with Crippen molar-refractivity contribution in [2.45, 2.75) is 20.4 Å². The highest BCUT2D eigenvalue weighted by atomic mass is 16.6. The van der Waals surface area contributed by atoms with Crippen molar-refractivity contribution in [1.82, 2.24) is 15.1 Å². The summed E-state index contributed by atoms with van der Waals surface area (Å²) in [5.74, 6) is 0. The van der Waals surface area contributed by atoms with Crippen LogP contribution in [0.15, 0.2) is 24.3 Å². The number of hydrogen-bond donors (Lipinski definition) is 1. The van der Waals surface area contributed by atoms with Crippen molar-refractivity contribution in [2.75, 3.05) is 32.8 Å². The van der Waals surface area contributed by atoms with Crippen LogP contribution in [0, 0.1) is 6.92 Å². The van der Waals surface area contributed by atoms with Crippen LogP contribution in [-0.4, -0.2) is 54.7 Å². The molecule has 2 rings (SSSR count). The highest BCUT2D eigenvalue weighted by molar-refractivity contribution is 5.75. The van der Waals surface area contributed by atoms with Gasteiger partial charge in [-0.1, -0.05) is 24.3 Å². The van der Waals surface area contributed by atoms with Gasteiger partial charge in [-0.05, 0) is 25.0 Å². The van der Waals surface area contributed by atoms with E-state index in [0.717, 1.165) is 11.1 Å². The molecule has 6 nitrogen and oxygen atoms in total. The predicted octanol–water partition coefficient (Wildman–Crippen LogP) is 1.98. The molecule has 0 aromatic heterocycles. The van der Waals surface area contributed by atoms with Gasteiger partial charge in [-0.3, -0.25) is 0 Å². The molecule has 6 heteroatoms. The van der Waals surface area contributed by atoms with E-state index in [1.807, 2.05) is 31.2 Å². The number of carbonyl (C=O) groups excluding carboxylic acids is 2. The van der Waals surface area contributed by atoms with Crippen molar-refractivity contribution in [2.24, 2.45) is 0 Å². The average Bonchev–Trinajstić information content (AvgIpc) is 2.54. The summed E-state index contributed by atoms with van der Waals surface area (Å²) in [6.07, 6.45) is -0.303. The third kappa shape index (κ3) is 4.13. The number of rotatable bonds is 3. The van der Waals surface area contributed by atoms with Crippen LogP contribution < -0.4 is 5.32 Å². The minimum atomic E-state index is -0.303. The first-order valence-electron chi connectivity index (χ1n) is 7.60. The van der Waals surface area contributed by atoms with Crippen molar-refractivity contribution in [3.8, 4) is 0 Å². The number of benzene rings is 1. The lowest BCUT2D eigenvalue weighted by Gasteiger charge is -2.34. The second kappa shape index (κ2) is 7.68. The lowest BCUT2D eigenvalue weighted by Crippen LogP contribution is -2.53. The van der Waals surface area contributed by atoms with E-state index >= 15 is 0 Å². The fourth-order valence-electron chi connectivity index (χ4n) is 2.40. The Labute approximate surface area is 131 Å². The van der Waals surface area contributed by atoms with Crippen LogP contribution in [0.2, 0.25) is 0 Å². The Morgan fingerprint density at radius 3 is 2.41 bits per heavy atom. The summed E-state index contributed by atoms with van der Waals surface area (Å²) in [6.45, 7) is 6.77. The highest BCUT2D eigenvalue weighted by Crippen LogP contribution is 2.08. The largest absolute Gasteiger partial charge is 0.450 e. The van der Waals surface area contributed by atoms with Gasteiger partial charge in [-0.15, -0.1) is 0 Å². The Morgan fingerprint density at radius 1 is 1.14 bits per heavy atom. The summed E-state index contributed by atoms with van der Waals surface area (Å²) < 4.78 is 4.96. The SMILES string of the molecule is CCOC(=O)N1CCN(C(=O)NCc2ccccc2C)CC1. The molecule has 1 aromatic rings. The number of ether oxygens (including phenoxy) is 1. The van der Waals surface area contributed by atoms with Crippen LogP contribution in [0.3, 0.4) is 0 Å². The molecule has 1 aromatic carbocycles. The molecule has 1 saturated heterocycles. The van der Waals surface area contributed by atoms with Gasteiger partial charge in [0.15, 0.2) is 0 Å². The summed E-state index contributed by atoms with van der Waals surface area (Å²) in [5.41, 5.74) is 2.27. The lowest BCUT2D eigenvalue weighted by molar-refractivity contribution is 0.0851. The third-order valence-corrected chi connectivity index (χ3v) is 3.78. The zero-order valence-corrected chi connectivity index (χ0v) is 13.2. The minimum Gasteiger partial charge on any atom is -0.450 e. The topological polar surface area (TPSA) is 61.9 Å². The maximum absolute atomic E-state index is 12.2. The molecule has 1 N–H and O–H groups in total. The quantitative estimate of drug-likeness (QED) is 0.929. The van der Waals surface area contributed by atoms with Gasteiger partial charge in [0.25, 0.3) is 0 Å². The van der Waals surface area contributed by atoms with Crippen LogP contribution in [-0.2, 0) is 11.3 Å². The maximum Gasteiger partial charge on any atom is 0.409 e. The molecule has 1 aliphatic heterocycles. The molecule has 120 valence electrons. The fourth-order valence-corrected chi connectivity index (χ4v) is 2.40. The Kier molecular flexibility index (Phi) is 5.63. The van der Waals surface area contributed by atoms with Crippen LogP contribution >= 0.6 is 0 Å². The molecule has 0 atom stereocenters. The van der Waals surface area contributed by atoms with Gasteiger partial charge in [0.1, 0.15) is 0 Å². The van der Waals surface area contributed by atoms with Gasteiger partial charge in [0.05, 0.1) is 6.61 Å². The van der Waals surface area contributed by atoms with E-state index in [-0.39, 0.29) is 12.1 Å². The summed E-state index contributed by atoms with van der Waals surface area (Å²) >= 11 is 0. The zero-order chi connectivity index (χ0) is 15.9. The summed E-state index contributed by atoms with van der Waals surface area (Å²) in [5, 5.41) is 2.93. The van der Waals surface area contributed by atoms with Crippen molar-refractivity contribution >= 4 is 12.1 Å². The molecular formula is C16H23N3O3. The molecule has 1 fully saturated rings. The van der Waals surface area contributed by atoms with Crippen LogP contribution in [0.5, 0.6) is 0 Å². The molecule has 0 spiro atoms. The summed E-state index contributed by atoms with van der Waals surface area (Å²) in [7, 11) is 0. The normalized spacial score (nSPS) is 14.6. The van der Waals surface area contributed by atoms with Crippen molar-refractivity contribution in [3.05, 3.63) is 35.4 Å². The Hall–Kier alpha value is -2.24. The first-order chi connectivity index (χ1) is 10.6. The first-order valence-corrected chi connectivity index (χ1v) is 7.60. The number of amides is 3. The second-order valence-electron chi connectivity index (χ2n) is 5.26. The Balaban J connectivity index is 1.78. The smallest absolute Gasteiger partial charge is 0.409 e. The molecule has 0 radical (unpaired) electrons. The van der Waals surface area contributed by atoms with E-state index in [4.69, 9.17) is 4.74 Å². The average molecular weight is 305 g/mol. The monoisotopic (exact) mass is 305 g/mol. The molecule has 22 heavy (non-hydrogen) atoms. The van der Waals surface area contributed by atoms with E-state index < -0.39 is 0 Å². The van der Waals surface area contributed by atoms with Crippen molar-refractivity contribution in [1.29, 1.82) is 0 Å². The lowest BCUT2D eigenvalue weighted by atomic mass is 10.1. The van der Waals surface area contributed by atoms with Crippen LogP contribution in [0.25, 0.3) is 0 Å². The van der Waals surface area contributed by atoms with Gasteiger partial charge >= 0.3 is 12.1 Å². The van der Waals surface area contributed by atoms with Gasteiger partial charge in [-0.2, -0.15) is 0 Å². The minimum absolute atomic E-state index is 0.0910. The fraction of sp³-hybridized carbons (Fsp3) is 0.500. The summed E-state index contributed by atoms with van der Waals surface area (Å²) in [4.78, 5) is 27.1. The number of carbonyl (C=O) groups is 2. The van der Waals surface area contributed by atoms with Crippen molar-refractivity contribution in [3.63, 3.8) is 0 Å². The Bertz CT molecular complexity index is 525. The van der Waals surface area contributed by atoms with Crippen LogP contribution in [0.1, 0.15) is 18.1 Å². The number of aryl methyl sites for hydroxylation is 1. The van der Waals surface area contributed by atoms with Gasteiger partial charge in [0.2, 0.25) is 0 Å². The zero-order valence-electron chi connectivity index (χ0n) is 13.2. The number of nitrogens with zero attached hydrogens (tertiary/aromatic N) is 2. The van der Waals surface area contributed by atoms with Crippen molar-refractivity contribution < 1.29 is 14.3 Å². The molecule has 0 bridgehead atoms. The molecular weight excluding hydrogens is 282 g/mol. The van der Waals surface area contributed by atoms with E-state index in [1.165, 1.54) is 0 Å². The number of piperazine rings is 1. The Morgan fingerprint density at radius 2 is 1.77 bits per heavy atom. The number of hydrogen-bond acceptors (Lipinski definition) is 3. The third-order valence-electron chi connectivity index (χ3n) is 3.78. The maximum atomic E-state index is 12.2. The first kappa shape index (κ1) is 16.1. The predicted molar refractivity (Wildman–Crippen MR) is 83.6 cm³/mol. The molecule has 0 saturated carbocycles. The summed E-state index contributed by atoms with van der Waals surface area (Å²) in [6, 6.07) is 7.89. The second-order valence-corrected chi connectivity index (χ2v) is 5.26. The van der Waals surface area contributed by atoms with Gasteiger partial charge in [0, 0.05) is 32.7 Å². The van der Waals surface area contributed by atoms with Gasteiger partial charge < -0.3 is 19.9 Å². The number of urea groups is 1. The number of nitrogens with one attached hydrogen (secondary N) is 1. The molecule has 1 heterocycles. The van der Waals surface area contributed by atoms with E-state index in [9.17, 15) is 9.59 Å². The molecule has 3 amide bonds. The van der Waals surface area contributed by atoms with Crippen LogP contribution in [0.4, 0.5) is 9.59 Å². The standard InChI is InChI=1S/C16H23N3O3/c1-3-22-16(21)19-10-8-18(9-11-19)15(20)17-12-14-7-5-4-6-13(14)2/h4-7H,3,8-12H2,1-2H3,(H,17,20).